The van der Waals surface area contributed by atoms with Gasteiger partial charge < -0.3 is 4.79 Å². The van der Waals surface area contributed by atoms with Crippen molar-refractivity contribution in [3.63, 3.8) is 0 Å². The number of hydrogen-bond acceptors (Lipinski definition) is 2. The largest absolute Gasteiger partial charge is 0.300 e. The first-order chi connectivity index (χ1) is 7.89. The van der Waals surface area contributed by atoms with Crippen molar-refractivity contribution in [2.24, 2.45) is 17.3 Å². The van der Waals surface area contributed by atoms with E-state index < -0.39 is 0 Å². The van der Waals surface area contributed by atoms with E-state index >= 15 is 0 Å². The Morgan fingerprint density at radius 2 is 1.82 bits per heavy atom. The highest BCUT2D eigenvalue weighted by molar-refractivity contribution is 5.85. The normalized spacial score (nSPS) is 26.1. The van der Waals surface area contributed by atoms with E-state index in [1.807, 2.05) is 6.92 Å². The number of rotatable bonds is 7. The van der Waals surface area contributed by atoms with Gasteiger partial charge in [0.25, 0.3) is 0 Å². The number of carbonyl (C=O) groups is 2. The fraction of sp³-hybridized carbons (Fsp3) is 0.733. The SMILES string of the molecule is CC=CC[C@@H]1[C@H](CC(=O)CCC(C)=O)C1(C)C. The van der Waals surface area contributed by atoms with Crippen molar-refractivity contribution in [1.82, 2.24) is 0 Å². The molecule has 0 N–H and O–H groups in total. The molecule has 2 atom stereocenters. The molecule has 2 nitrogen and oxygen atoms in total. The molecule has 1 saturated carbocycles. The molecule has 0 saturated heterocycles. The van der Waals surface area contributed by atoms with Crippen molar-refractivity contribution in [2.45, 2.75) is 53.4 Å². The minimum absolute atomic E-state index is 0.110. The van der Waals surface area contributed by atoms with Crippen LogP contribution in [0.5, 0.6) is 0 Å². The molecule has 1 rings (SSSR count). The van der Waals surface area contributed by atoms with Gasteiger partial charge in [-0.15, -0.1) is 0 Å². The van der Waals surface area contributed by atoms with Crippen molar-refractivity contribution in [3.8, 4) is 0 Å². The van der Waals surface area contributed by atoms with Crippen molar-refractivity contribution in [1.29, 1.82) is 0 Å². The standard InChI is InChI=1S/C15H24O2/c1-5-6-7-13-14(15(13,3)4)10-12(17)9-8-11(2)16/h5-6,13-14H,7-10H2,1-4H3/t13-,14+/m1/s1. The zero-order valence-corrected chi connectivity index (χ0v) is 11.5. The minimum Gasteiger partial charge on any atom is -0.300 e. The first kappa shape index (κ1) is 14.1. The molecule has 0 spiro atoms. The van der Waals surface area contributed by atoms with E-state index in [0.29, 0.717) is 36.5 Å². The molecular formula is C15H24O2. The predicted octanol–water partition coefficient (Wildman–Crippen LogP) is 3.55. The Labute approximate surface area is 104 Å². The summed E-state index contributed by atoms with van der Waals surface area (Å²) in [6, 6.07) is 0. The summed E-state index contributed by atoms with van der Waals surface area (Å²) in [5, 5.41) is 0. The molecule has 96 valence electrons. The maximum Gasteiger partial charge on any atom is 0.133 e. The van der Waals surface area contributed by atoms with E-state index in [0.717, 1.165) is 6.42 Å². The smallest absolute Gasteiger partial charge is 0.133 e. The van der Waals surface area contributed by atoms with Gasteiger partial charge in [0.05, 0.1) is 0 Å². The lowest BCUT2D eigenvalue weighted by Gasteiger charge is -2.01. The second-order valence-corrected chi connectivity index (χ2v) is 5.78. The zero-order valence-electron chi connectivity index (χ0n) is 11.5. The second-order valence-electron chi connectivity index (χ2n) is 5.78. The van der Waals surface area contributed by atoms with Crippen molar-refractivity contribution < 1.29 is 9.59 Å². The van der Waals surface area contributed by atoms with Gasteiger partial charge in [0, 0.05) is 19.3 Å². The van der Waals surface area contributed by atoms with Gasteiger partial charge in [-0.2, -0.15) is 0 Å². The molecular weight excluding hydrogens is 212 g/mol. The van der Waals surface area contributed by atoms with E-state index in [1.165, 1.54) is 0 Å². The molecule has 1 aliphatic rings. The third-order valence-corrected chi connectivity index (χ3v) is 4.12. The second kappa shape index (κ2) is 5.61. The monoisotopic (exact) mass is 236 g/mol. The highest BCUT2D eigenvalue weighted by Crippen LogP contribution is 2.61. The first-order valence-corrected chi connectivity index (χ1v) is 6.52. The van der Waals surface area contributed by atoms with Crippen LogP contribution < -0.4 is 0 Å². The van der Waals surface area contributed by atoms with Gasteiger partial charge in [0.2, 0.25) is 0 Å². The van der Waals surface area contributed by atoms with Crippen molar-refractivity contribution in [3.05, 3.63) is 12.2 Å². The highest BCUT2D eigenvalue weighted by atomic mass is 16.1. The van der Waals surface area contributed by atoms with Crippen LogP contribution in [0.25, 0.3) is 0 Å². The Bertz CT molecular complexity index is 326. The average molecular weight is 236 g/mol. The molecule has 17 heavy (non-hydrogen) atoms. The molecule has 0 amide bonds. The van der Waals surface area contributed by atoms with Crippen LogP contribution in [0.2, 0.25) is 0 Å². The lowest BCUT2D eigenvalue weighted by molar-refractivity contribution is -0.123. The summed E-state index contributed by atoms with van der Waals surface area (Å²) in [6.07, 6.45) is 6.83. The average Bonchev–Trinajstić information content (AvgIpc) is 2.74. The molecule has 1 aliphatic carbocycles. The molecule has 0 radical (unpaired) electrons. The van der Waals surface area contributed by atoms with Gasteiger partial charge in [0.1, 0.15) is 11.6 Å². The maximum atomic E-state index is 11.7. The van der Waals surface area contributed by atoms with Gasteiger partial charge in [0.15, 0.2) is 0 Å². The van der Waals surface area contributed by atoms with Crippen LogP contribution in [0.4, 0.5) is 0 Å². The topological polar surface area (TPSA) is 34.1 Å². The van der Waals surface area contributed by atoms with Crippen molar-refractivity contribution in [2.75, 3.05) is 0 Å². The van der Waals surface area contributed by atoms with E-state index in [2.05, 4.69) is 26.0 Å². The minimum atomic E-state index is 0.110. The molecule has 2 heteroatoms. The van der Waals surface area contributed by atoms with E-state index in [9.17, 15) is 9.59 Å². The summed E-state index contributed by atoms with van der Waals surface area (Å²) in [4.78, 5) is 22.6. The lowest BCUT2D eigenvalue weighted by Crippen LogP contribution is -2.04. The van der Waals surface area contributed by atoms with Gasteiger partial charge in [-0.25, -0.2) is 0 Å². The van der Waals surface area contributed by atoms with Crippen LogP contribution in [-0.2, 0) is 9.59 Å². The van der Waals surface area contributed by atoms with Crippen LogP contribution in [0.1, 0.15) is 53.4 Å². The summed E-state index contributed by atoms with van der Waals surface area (Å²) in [6.45, 7) is 8.06. The van der Waals surface area contributed by atoms with Crippen LogP contribution >= 0.6 is 0 Å². The Morgan fingerprint density at radius 1 is 1.18 bits per heavy atom. The Morgan fingerprint density at radius 3 is 2.35 bits per heavy atom. The van der Waals surface area contributed by atoms with Gasteiger partial charge >= 0.3 is 0 Å². The predicted molar refractivity (Wildman–Crippen MR) is 69.7 cm³/mol. The third-order valence-electron chi connectivity index (χ3n) is 4.12. The summed E-state index contributed by atoms with van der Waals surface area (Å²) < 4.78 is 0. The molecule has 0 unspecified atom stereocenters. The molecule has 0 aromatic rings. The summed E-state index contributed by atoms with van der Waals surface area (Å²) in [5.74, 6) is 1.51. The molecule has 0 aliphatic heterocycles. The lowest BCUT2D eigenvalue weighted by atomic mass is 10.0. The summed E-state index contributed by atoms with van der Waals surface area (Å²) in [5.41, 5.74) is 0.297. The number of carbonyl (C=O) groups excluding carboxylic acids is 2. The highest BCUT2D eigenvalue weighted by Gasteiger charge is 2.56. The molecule has 0 heterocycles. The summed E-state index contributed by atoms with van der Waals surface area (Å²) in [7, 11) is 0. The molecule has 0 aromatic carbocycles. The Kier molecular flexibility index (Phi) is 4.67. The maximum absolute atomic E-state index is 11.7. The fourth-order valence-electron chi connectivity index (χ4n) is 2.68. The van der Waals surface area contributed by atoms with Crippen molar-refractivity contribution >= 4 is 11.6 Å². The van der Waals surface area contributed by atoms with Gasteiger partial charge in [-0.3, -0.25) is 4.79 Å². The van der Waals surface area contributed by atoms with E-state index in [4.69, 9.17) is 0 Å². The molecule has 1 fully saturated rings. The fourth-order valence-corrected chi connectivity index (χ4v) is 2.68. The Balaban J connectivity index is 2.37. The van der Waals surface area contributed by atoms with Gasteiger partial charge in [-0.1, -0.05) is 26.0 Å². The third kappa shape index (κ3) is 3.79. The molecule has 0 aromatic heterocycles. The van der Waals surface area contributed by atoms with E-state index in [1.54, 1.807) is 6.92 Å². The molecule has 0 bridgehead atoms. The first-order valence-electron chi connectivity index (χ1n) is 6.52. The van der Waals surface area contributed by atoms with E-state index in [-0.39, 0.29) is 11.6 Å². The zero-order chi connectivity index (χ0) is 13.1. The van der Waals surface area contributed by atoms with Gasteiger partial charge in [-0.05, 0) is 37.5 Å². The quantitative estimate of drug-likeness (QED) is 0.633. The number of Topliss-reactive ketones (excluding diaryl/α,β-unsaturated/α-hetero) is 2. The van der Waals surface area contributed by atoms with Crippen LogP contribution in [0.3, 0.4) is 0 Å². The van der Waals surface area contributed by atoms with Crippen LogP contribution in [-0.4, -0.2) is 11.6 Å². The number of ketones is 2. The Hall–Kier alpha value is -0.920. The van der Waals surface area contributed by atoms with Crippen LogP contribution in [0, 0.1) is 17.3 Å². The van der Waals surface area contributed by atoms with Crippen LogP contribution in [0.15, 0.2) is 12.2 Å². The number of hydrogen-bond donors (Lipinski definition) is 0. The number of allylic oxidation sites excluding steroid dienone is 2. The summed E-state index contributed by atoms with van der Waals surface area (Å²) >= 11 is 0.